The van der Waals surface area contributed by atoms with E-state index in [9.17, 15) is 4.79 Å². The number of anilines is 1. The van der Waals surface area contributed by atoms with Crippen LogP contribution in [0, 0.1) is 27.7 Å². The molecule has 0 amide bonds. The molecule has 104 valence electrons. The van der Waals surface area contributed by atoms with Crippen LogP contribution in [0.3, 0.4) is 0 Å². The summed E-state index contributed by atoms with van der Waals surface area (Å²) in [6.07, 6.45) is 0. The molecule has 0 aliphatic rings. The van der Waals surface area contributed by atoms with Gasteiger partial charge in [0.1, 0.15) is 0 Å². The van der Waals surface area contributed by atoms with Crippen LogP contribution in [0.15, 0.2) is 36.4 Å². The van der Waals surface area contributed by atoms with Gasteiger partial charge in [-0.2, -0.15) is 0 Å². The van der Waals surface area contributed by atoms with Crippen molar-refractivity contribution in [2.24, 2.45) is 0 Å². The van der Waals surface area contributed by atoms with E-state index < -0.39 is 0 Å². The molecule has 2 heteroatoms. The van der Waals surface area contributed by atoms with Crippen molar-refractivity contribution in [1.82, 2.24) is 0 Å². The van der Waals surface area contributed by atoms with Crippen LogP contribution in [0.4, 0.5) is 5.69 Å². The van der Waals surface area contributed by atoms with Crippen LogP contribution in [-0.2, 0) is 0 Å². The standard InChI is InChI=1S/C18H21NO/c1-12-10-13(2)15(4)18(14(12)3)17(20)11-19-16-8-6-5-7-9-16/h5-10,19H,11H2,1-4H3. The SMILES string of the molecule is Cc1cc(C)c(C)c(C(=O)CNc2ccccc2)c1C. The van der Waals surface area contributed by atoms with Gasteiger partial charge < -0.3 is 5.32 Å². The number of aryl methyl sites for hydroxylation is 2. The number of carbonyl (C=O) groups excluding carboxylic acids is 1. The van der Waals surface area contributed by atoms with E-state index in [1.807, 2.05) is 44.2 Å². The van der Waals surface area contributed by atoms with Crippen LogP contribution in [0.2, 0.25) is 0 Å². The molecule has 0 spiro atoms. The lowest BCUT2D eigenvalue weighted by Gasteiger charge is -2.15. The van der Waals surface area contributed by atoms with Gasteiger partial charge in [-0.05, 0) is 62.1 Å². The zero-order chi connectivity index (χ0) is 14.7. The number of carbonyl (C=O) groups is 1. The number of nitrogens with one attached hydrogen (secondary N) is 1. The lowest BCUT2D eigenvalue weighted by molar-refractivity contribution is 0.100. The Morgan fingerprint density at radius 2 is 1.50 bits per heavy atom. The van der Waals surface area contributed by atoms with Crippen molar-refractivity contribution in [1.29, 1.82) is 0 Å². The second kappa shape index (κ2) is 5.91. The van der Waals surface area contributed by atoms with Gasteiger partial charge in [-0.1, -0.05) is 24.3 Å². The van der Waals surface area contributed by atoms with Crippen molar-refractivity contribution in [3.05, 3.63) is 64.2 Å². The van der Waals surface area contributed by atoms with Crippen molar-refractivity contribution >= 4 is 11.5 Å². The number of hydrogen-bond donors (Lipinski definition) is 1. The van der Waals surface area contributed by atoms with Gasteiger partial charge >= 0.3 is 0 Å². The molecular formula is C18H21NO. The first-order chi connectivity index (χ1) is 9.50. The highest BCUT2D eigenvalue weighted by molar-refractivity contribution is 6.02. The van der Waals surface area contributed by atoms with E-state index in [4.69, 9.17) is 0 Å². The smallest absolute Gasteiger partial charge is 0.182 e. The van der Waals surface area contributed by atoms with E-state index in [1.165, 1.54) is 11.1 Å². The predicted octanol–water partition coefficient (Wildman–Crippen LogP) is 4.22. The number of Topliss-reactive ketones (excluding diaryl/α,β-unsaturated/α-hetero) is 1. The monoisotopic (exact) mass is 267 g/mol. The molecule has 2 rings (SSSR count). The third-order valence-electron chi connectivity index (χ3n) is 3.87. The third kappa shape index (κ3) is 2.90. The van der Waals surface area contributed by atoms with E-state index >= 15 is 0 Å². The Kier molecular flexibility index (Phi) is 4.23. The Labute approximate surface area is 120 Å². The summed E-state index contributed by atoms with van der Waals surface area (Å²) >= 11 is 0. The topological polar surface area (TPSA) is 29.1 Å². The molecule has 0 aliphatic carbocycles. The largest absolute Gasteiger partial charge is 0.378 e. The molecule has 0 heterocycles. The van der Waals surface area contributed by atoms with Gasteiger partial charge in [0.2, 0.25) is 0 Å². The van der Waals surface area contributed by atoms with E-state index in [0.29, 0.717) is 6.54 Å². The summed E-state index contributed by atoms with van der Waals surface area (Å²) in [5.41, 5.74) is 6.37. The molecule has 2 aromatic carbocycles. The maximum absolute atomic E-state index is 12.5. The average molecular weight is 267 g/mol. The number of rotatable bonds is 4. The second-order valence-electron chi connectivity index (χ2n) is 5.28. The van der Waals surface area contributed by atoms with E-state index in [-0.39, 0.29) is 5.78 Å². The predicted molar refractivity (Wildman–Crippen MR) is 84.7 cm³/mol. The van der Waals surface area contributed by atoms with Gasteiger partial charge in [0.05, 0.1) is 6.54 Å². The summed E-state index contributed by atoms with van der Waals surface area (Å²) in [7, 11) is 0. The fourth-order valence-corrected chi connectivity index (χ4v) is 2.46. The zero-order valence-electron chi connectivity index (χ0n) is 12.6. The van der Waals surface area contributed by atoms with E-state index in [0.717, 1.165) is 22.4 Å². The summed E-state index contributed by atoms with van der Waals surface area (Å²) in [5.74, 6) is 0.149. The molecule has 0 aliphatic heterocycles. The molecule has 0 saturated carbocycles. The van der Waals surface area contributed by atoms with Crippen molar-refractivity contribution in [2.45, 2.75) is 27.7 Å². The summed E-state index contributed by atoms with van der Waals surface area (Å²) in [5, 5.41) is 3.19. The molecule has 20 heavy (non-hydrogen) atoms. The van der Waals surface area contributed by atoms with Gasteiger partial charge in [0.25, 0.3) is 0 Å². The maximum Gasteiger partial charge on any atom is 0.182 e. The Balaban J connectivity index is 2.22. The third-order valence-corrected chi connectivity index (χ3v) is 3.87. The van der Waals surface area contributed by atoms with E-state index in [1.54, 1.807) is 0 Å². The fourth-order valence-electron chi connectivity index (χ4n) is 2.46. The molecule has 2 aromatic rings. The number of benzene rings is 2. The molecule has 0 bridgehead atoms. The highest BCUT2D eigenvalue weighted by Crippen LogP contribution is 2.22. The molecule has 0 aromatic heterocycles. The highest BCUT2D eigenvalue weighted by atomic mass is 16.1. The normalized spacial score (nSPS) is 10.4. The first-order valence-electron chi connectivity index (χ1n) is 6.90. The van der Waals surface area contributed by atoms with Crippen LogP contribution in [-0.4, -0.2) is 12.3 Å². The quantitative estimate of drug-likeness (QED) is 0.840. The molecular weight excluding hydrogens is 246 g/mol. The Bertz CT molecular complexity index is 603. The van der Waals surface area contributed by atoms with E-state index in [2.05, 4.69) is 25.2 Å². The Morgan fingerprint density at radius 1 is 0.950 bits per heavy atom. The summed E-state index contributed by atoms with van der Waals surface area (Å²) in [6.45, 7) is 8.50. The van der Waals surface area contributed by atoms with Crippen molar-refractivity contribution in [3.63, 3.8) is 0 Å². The molecule has 1 N–H and O–H groups in total. The average Bonchev–Trinajstić information content (AvgIpc) is 2.44. The van der Waals surface area contributed by atoms with Crippen LogP contribution in [0.5, 0.6) is 0 Å². The summed E-state index contributed by atoms with van der Waals surface area (Å²) in [6, 6.07) is 12.0. The first kappa shape index (κ1) is 14.3. The molecule has 0 atom stereocenters. The van der Waals surface area contributed by atoms with Crippen molar-refractivity contribution in [3.8, 4) is 0 Å². The Morgan fingerprint density at radius 3 is 2.05 bits per heavy atom. The zero-order valence-corrected chi connectivity index (χ0v) is 12.6. The summed E-state index contributed by atoms with van der Waals surface area (Å²) in [4.78, 5) is 12.5. The Hall–Kier alpha value is -2.09. The molecule has 2 nitrogen and oxygen atoms in total. The summed E-state index contributed by atoms with van der Waals surface area (Å²) < 4.78 is 0. The first-order valence-corrected chi connectivity index (χ1v) is 6.90. The van der Waals surface area contributed by atoms with Crippen LogP contribution >= 0.6 is 0 Å². The minimum atomic E-state index is 0.149. The van der Waals surface area contributed by atoms with Gasteiger partial charge in [-0.15, -0.1) is 0 Å². The van der Waals surface area contributed by atoms with Gasteiger partial charge in [0.15, 0.2) is 5.78 Å². The second-order valence-corrected chi connectivity index (χ2v) is 5.28. The van der Waals surface area contributed by atoms with Gasteiger partial charge in [-0.3, -0.25) is 4.79 Å². The van der Waals surface area contributed by atoms with Gasteiger partial charge in [0, 0.05) is 11.3 Å². The lowest BCUT2D eigenvalue weighted by atomic mass is 9.91. The minimum absolute atomic E-state index is 0.149. The molecule has 0 unspecified atom stereocenters. The van der Waals surface area contributed by atoms with Crippen LogP contribution in [0.1, 0.15) is 32.6 Å². The number of ketones is 1. The number of hydrogen-bond acceptors (Lipinski definition) is 2. The number of para-hydroxylation sites is 1. The maximum atomic E-state index is 12.5. The van der Waals surface area contributed by atoms with Crippen LogP contribution < -0.4 is 5.32 Å². The fraction of sp³-hybridized carbons (Fsp3) is 0.278. The molecule has 0 fully saturated rings. The molecule has 0 saturated heterocycles. The van der Waals surface area contributed by atoms with Gasteiger partial charge in [-0.25, -0.2) is 0 Å². The van der Waals surface area contributed by atoms with Crippen LogP contribution in [0.25, 0.3) is 0 Å². The minimum Gasteiger partial charge on any atom is -0.378 e. The van der Waals surface area contributed by atoms with Crippen molar-refractivity contribution < 1.29 is 4.79 Å². The van der Waals surface area contributed by atoms with Crippen molar-refractivity contribution in [2.75, 3.05) is 11.9 Å². The molecule has 0 radical (unpaired) electrons. The lowest BCUT2D eigenvalue weighted by Crippen LogP contribution is -2.17. The highest BCUT2D eigenvalue weighted by Gasteiger charge is 2.15.